The average Bonchev–Trinajstić information content (AvgIpc) is 3.66. The summed E-state index contributed by atoms with van der Waals surface area (Å²) < 4.78 is 23.2. The number of fused-ring (bicyclic) bond motifs is 2. The van der Waals surface area contributed by atoms with Crippen molar-refractivity contribution in [1.29, 1.82) is 0 Å². The number of nitrogens with zero attached hydrogens (tertiary/aromatic N) is 3. The summed E-state index contributed by atoms with van der Waals surface area (Å²) in [5, 5.41) is 9.86. The van der Waals surface area contributed by atoms with Crippen molar-refractivity contribution in [3.8, 4) is 0 Å². The Morgan fingerprint density at radius 2 is 1.80 bits per heavy atom. The summed E-state index contributed by atoms with van der Waals surface area (Å²) in [4.78, 5) is 46.9. The van der Waals surface area contributed by atoms with Gasteiger partial charge >= 0.3 is 0 Å². The first-order valence-corrected chi connectivity index (χ1v) is 19.6. The summed E-state index contributed by atoms with van der Waals surface area (Å²) in [6, 6.07) is 15.2. The standard InChI is InChI=1S/C35H46FN3O5Si/c1-24-33(45(2,3)36)30(21-32(42)38-19-11-14-27(38)23-40)44-35(24)28-20-26(37-18-10-5-4-9-15-31(37)41)16-17-29(28)39(34(35)43)22-25-12-7-6-8-13-25/h6-8,12-13,16-17,20,24,27,30,33,40H,4-5,9-11,14-15,18-19,21-23H2,1-3H3/t24-,27+,30+,33-,35+/m1/s1. The molecule has 0 aromatic heterocycles. The molecule has 3 amide bonds. The number of anilines is 2. The van der Waals surface area contributed by atoms with Crippen LogP contribution in [0, 0.1) is 5.92 Å². The fourth-order valence-corrected chi connectivity index (χ4v) is 10.9. The molecule has 1 spiro atoms. The number of carbonyl (C=O) groups is 3. The van der Waals surface area contributed by atoms with Gasteiger partial charge in [0.15, 0.2) is 5.60 Å². The van der Waals surface area contributed by atoms with Gasteiger partial charge in [0.25, 0.3) is 5.91 Å². The van der Waals surface area contributed by atoms with Crippen LogP contribution in [0.2, 0.25) is 18.6 Å². The predicted octanol–water partition coefficient (Wildman–Crippen LogP) is 5.68. The molecular weight excluding hydrogens is 589 g/mol. The minimum absolute atomic E-state index is 0.0425. The van der Waals surface area contributed by atoms with Gasteiger partial charge in [-0.1, -0.05) is 50.1 Å². The van der Waals surface area contributed by atoms with Crippen LogP contribution in [0.1, 0.15) is 69.4 Å². The van der Waals surface area contributed by atoms with E-state index in [9.17, 15) is 19.5 Å². The second kappa shape index (κ2) is 12.6. The first-order valence-electron chi connectivity index (χ1n) is 16.6. The Kier molecular flexibility index (Phi) is 8.93. The number of ether oxygens (including phenoxy) is 1. The van der Waals surface area contributed by atoms with E-state index in [-0.39, 0.29) is 36.8 Å². The molecule has 8 nitrogen and oxygen atoms in total. The molecule has 4 aliphatic rings. The Labute approximate surface area is 266 Å². The van der Waals surface area contributed by atoms with E-state index < -0.39 is 31.6 Å². The first-order chi connectivity index (χ1) is 21.6. The number of aliphatic hydroxyl groups is 1. The summed E-state index contributed by atoms with van der Waals surface area (Å²) in [5.74, 6) is -0.898. The number of halogens is 1. The molecule has 45 heavy (non-hydrogen) atoms. The molecule has 2 aromatic carbocycles. The molecule has 0 unspecified atom stereocenters. The van der Waals surface area contributed by atoms with Gasteiger partial charge in [0, 0.05) is 42.2 Å². The summed E-state index contributed by atoms with van der Waals surface area (Å²) >= 11 is 0. The van der Waals surface area contributed by atoms with Crippen LogP contribution in [0.3, 0.4) is 0 Å². The van der Waals surface area contributed by atoms with Crippen molar-refractivity contribution in [2.45, 2.75) is 101 Å². The van der Waals surface area contributed by atoms with Gasteiger partial charge in [-0.3, -0.25) is 14.4 Å². The van der Waals surface area contributed by atoms with Crippen LogP contribution in [0.15, 0.2) is 48.5 Å². The normalized spacial score (nSPS) is 29.0. The van der Waals surface area contributed by atoms with E-state index in [1.165, 1.54) is 0 Å². The Bertz CT molecular complexity index is 1430. The zero-order valence-electron chi connectivity index (χ0n) is 26.7. The number of carbonyl (C=O) groups excluding carboxylic acids is 3. The molecule has 0 radical (unpaired) electrons. The molecule has 4 aliphatic heterocycles. The Balaban J connectivity index is 1.43. The van der Waals surface area contributed by atoms with Crippen LogP contribution in [0.25, 0.3) is 0 Å². The van der Waals surface area contributed by atoms with Crippen LogP contribution in [-0.2, 0) is 31.3 Å². The number of benzene rings is 2. The maximum atomic E-state index is 16.4. The highest BCUT2D eigenvalue weighted by molar-refractivity contribution is 6.72. The van der Waals surface area contributed by atoms with Crippen molar-refractivity contribution in [1.82, 2.24) is 4.90 Å². The number of amides is 3. The largest absolute Gasteiger partial charge is 0.394 e. The maximum Gasteiger partial charge on any atom is 0.264 e. The van der Waals surface area contributed by atoms with E-state index in [0.29, 0.717) is 37.3 Å². The van der Waals surface area contributed by atoms with Crippen LogP contribution in [0.5, 0.6) is 0 Å². The molecule has 6 rings (SSSR count). The molecule has 3 fully saturated rings. The molecule has 0 bridgehead atoms. The van der Waals surface area contributed by atoms with Gasteiger partial charge in [-0.25, -0.2) is 0 Å². The second-order valence-corrected chi connectivity index (χ2v) is 17.6. The number of likely N-dealkylation sites (tertiary alicyclic amines) is 1. The molecule has 242 valence electrons. The van der Waals surface area contributed by atoms with E-state index in [2.05, 4.69) is 0 Å². The van der Waals surface area contributed by atoms with Gasteiger partial charge in [0.05, 0.1) is 37.4 Å². The molecule has 0 saturated carbocycles. The number of hydrogen-bond acceptors (Lipinski definition) is 5. The lowest BCUT2D eigenvalue weighted by molar-refractivity contribution is -0.150. The highest BCUT2D eigenvalue weighted by atomic mass is 28.4. The van der Waals surface area contributed by atoms with Crippen molar-refractivity contribution < 1.29 is 28.3 Å². The van der Waals surface area contributed by atoms with Crippen LogP contribution in [0.4, 0.5) is 15.5 Å². The first kappa shape index (κ1) is 31.9. The second-order valence-electron chi connectivity index (χ2n) is 13.8. The maximum absolute atomic E-state index is 16.4. The van der Waals surface area contributed by atoms with E-state index in [1.54, 1.807) is 22.9 Å². The lowest BCUT2D eigenvalue weighted by Crippen LogP contribution is -2.45. The number of aliphatic hydroxyl groups excluding tert-OH is 1. The third-order valence-electron chi connectivity index (χ3n) is 10.5. The van der Waals surface area contributed by atoms with Gasteiger partial charge in [-0.15, -0.1) is 0 Å². The van der Waals surface area contributed by atoms with E-state index in [1.807, 2.05) is 60.4 Å². The summed E-state index contributed by atoms with van der Waals surface area (Å²) in [7, 11) is -3.47. The van der Waals surface area contributed by atoms with Gasteiger partial charge in [0.1, 0.15) is 0 Å². The van der Waals surface area contributed by atoms with Crippen molar-refractivity contribution in [3.63, 3.8) is 0 Å². The van der Waals surface area contributed by atoms with Gasteiger partial charge in [0.2, 0.25) is 20.2 Å². The lowest BCUT2D eigenvalue weighted by atomic mass is 9.82. The highest BCUT2D eigenvalue weighted by Gasteiger charge is 2.67. The topological polar surface area (TPSA) is 90.4 Å². The van der Waals surface area contributed by atoms with E-state index in [4.69, 9.17) is 4.74 Å². The summed E-state index contributed by atoms with van der Waals surface area (Å²) in [6.45, 7) is 6.55. The minimum Gasteiger partial charge on any atom is -0.394 e. The van der Waals surface area contributed by atoms with Crippen molar-refractivity contribution in [2.75, 3.05) is 29.5 Å². The Morgan fingerprint density at radius 3 is 2.53 bits per heavy atom. The van der Waals surface area contributed by atoms with Gasteiger partial charge in [-0.05, 0) is 62.5 Å². The molecule has 3 saturated heterocycles. The lowest BCUT2D eigenvalue weighted by Gasteiger charge is -2.32. The predicted molar refractivity (Wildman–Crippen MR) is 174 cm³/mol. The third kappa shape index (κ3) is 5.74. The zero-order chi connectivity index (χ0) is 31.9. The quantitative estimate of drug-likeness (QED) is 0.313. The monoisotopic (exact) mass is 635 g/mol. The number of hydrogen-bond donors (Lipinski definition) is 1. The molecule has 10 heteroatoms. The van der Waals surface area contributed by atoms with Crippen LogP contribution >= 0.6 is 0 Å². The summed E-state index contributed by atoms with van der Waals surface area (Å²) in [5.41, 5.74) is 0.922. The minimum atomic E-state index is -3.47. The van der Waals surface area contributed by atoms with Gasteiger partial charge < -0.3 is 28.7 Å². The van der Waals surface area contributed by atoms with Crippen molar-refractivity contribution in [2.24, 2.45) is 5.92 Å². The average molecular weight is 636 g/mol. The summed E-state index contributed by atoms with van der Waals surface area (Å²) in [6.07, 6.45) is 5.06. The highest BCUT2D eigenvalue weighted by Crippen LogP contribution is 2.61. The molecule has 4 heterocycles. The zero-order valence-corrected chi connectivity index (χ0v) is 27.7. The van der Waals surface area contributed by atoms with E-state index in [0.717, 1.165) is 49.8 Å². The number of rotatable bonds is 7. The Hall–Kier alpha value is -3.08. The van der Waals surface area contributed by atoms with Crippen molar-refractivity contribution in [3.05, 3.63) is 59.7 Å². The fourth-order valence-electron chi connectivity index (χ4n) is 8.40. The van der Waals surface area contributed by atoms with Crippen LogP contribution in [-0.4, -0.2) is 68.0 Å². The fraction of sp³-hybridized carbons (Fsp3) is 0.571. The molecular formula is C35H46FN3O5Si. The van der Waals surface area contributed by atoms with Crippen molar-refractivity contribution >= 4 is 37.5 Å². The third-order valence-corrected chi connectivity index (χ3v) is 13.0. The SMILES string of the molecule is C[C@@H]1[C@@H]([Si](C)(C)F)[C@H](CC(=O)N2CCC[C@H]2CO)O[C@@]12C(=O)N(Cc1ccccc1)c1ccc(N3CCCCCCC3=O)cc12. The van der Waals surface area contributed by atoms with E-state index >= 15 is 4.11 Å². The molecule has 0 aliphatic carbocycles. The molecule has 5 atom stereocenters. The smallest absolute Gasteiger partial charge is 0.264 e. The Morgan fingerprint density at radius 1 is 1.04 bits per heavy atom. The van der Waals surface area contributed by atoms with Crippen LogP contribution < -0.4 is 9.80 Å². The molecule has 2 aromatic rings. The van der Waals surface area contributed by atoms with Gasteiger partial charge in [-0.2, -0.15) is 0 Å². The molecule has 1 N–H and O–H groups in total.